The fourth-order valence-electron chi connectivity index (χ4n) is 2.78. The molecule has 3 aromatic rings. The molecule has 0 saturated heterocycles. The van der Waals surface area contributed by atoms with E-state index in [9.17, 15) is 4.79 Å². The largest absolute Gasteiger partial charge is 0.488 e. The minimum atomic E-state index is -0.0981. The molecule has 0 N–H and O–H groups in total. The second-order valence-corrected chi connectivity index (χ2v) is 6.16. The molecule has 1 heterocycles. The number of aryl methyl sites for hydroxylation is 1. The average molecular weight is 333 g/mol. The topological polar surface area (TPSA) is 31.2 Å². The smallest absolute Gasteiger partial charge is 0.292 e. The summed E-state index contributed by atoms with van der Waals surface area (Å²) in [5.41, 5.74) is 4.27. The van der Waals surface area contributed by atoms with E-state index in [4.69, 9.17) is 4.74 Å². The Morgan fingerprint density at radius 2 is 1.56 bits per heavy atom. The number of benzene rings is 2. The van der Waals surface area contributed by atoms with E-state index < -0.39 is 0 Å². The van der Waals surface area contributed by atoms with Crippen molar-refractivity contribution in [1.82, 2.24) is 4.57 Å². The second-order valence-electron chi connectivity index (χ2n) is 6.16. The van der Waals surface area contributed by atoms with E-state index in [1.165, 1.54) is 5.56 Å². The predicted octanol–water partition coefficient (Wildman–Crippen LogP) is 4.90. The average Bonchev–Trinajstić information content (AvgIpc) is 2.66. The van der Waals surface area contributed by atoms with Crippen LogP contribution in [-0.2, 0) is 7.05 Å². The Hall–Kier alpha value is -2.81. The maximum absolute atomic E-state index is 12.3. The van der Waals surface area contributed by atoms with Gasteiger partial charge in [-0.05, 0) is 35.2 Å². The lowest BCUT2D eigenvalue weighted by atomic mass is 10.00. The zero-order chi connectivity index (χ0) is 17.6. The van der Waals surface area contributed by atoms with E-state index >= 15 is 0 Å². The van der Waals surface area contributed by atoms with Crippen LogP contribution in [0.25, 0.3) is 22.3 Å². The van der Waals surface area contributed by atoms with Crippen LogP contribution in [0.1, 0.15) is 19.8 Å². The highest BCUT2D eigenvalue weighted by Gasteiger charge is 2.08. The molecule has 25 heavy (non-hydrogen) atoms. The van der Waals surface area contributed by atoms with Crippen LogP contribution in [0.5, 0.6) is 5.75 Å². The first-order valence-corrected chi connectivity index (χ1v) is 8.68. The zero-order valence-corrected chi connectivity index (χ0v) is 14.7. The summed E-state index contributed by atoms with van der Waals surface area (Å²) in [7, 11) is 1.76. The van der Waals surface area contributed by atoms with Gasteiger partial charge in [0.05, 0.1) is 6.61 Å². The number of pyridine rings is 1. The molecule has 0 amide bonds. The van der Waals surface area contributed by atoms with E-state index in [1.807, 2.05) is 36.5 Å². The van der Waals surface area contributed by atoms with E-state index in [2.05, 4.69) is 37.3 Å². The van der Waals surface area contributed by atoms with Gasteiger partial charge in [0.15, 0.2) is 5.75 Å². The summed E-state index contributed by atoms with van der Waals surface area (Å²) in [6.07, 6.45) is 3.84. The van der Waals surface area contributed by atoms with E-state index in [-0.39, 0.29) is 5.56 Å². The molecule has 0 saturated carbocycles. The van der Waals surface area contributed by atoms with Gasteiger partial charge in [0.1, 0.15) is 0 Å². The van der Waals surface area contributed by atoms with Crippen molar-refractivity contribution >= 4 is 0 Å². The van der Waals surface area contributed by atoms with E-state index in [0.717, 1.165) is 29.5 Å². The SMILES string of the molecule is CCCCOc1cc(-c2cccc(-c3ccccc3)c2)cn(C)c1=O. The maximum atomic E-state index is 12.3. The number of unbranched alkanes of at least 4 members (excludes halogenated alkanes) is 1. The zero-order valence-electron chi connectivity index (χ0n) is 14.7. The molecule has 0 spiro atoms. The molecular weight excluding hydrogens is 310 g/mol. The molecular formula is C22H23NO2. The fraction of sp³-hybridized carbons (Fsp3) is 0.227. The van der Waals surface area contributed by atoms with Crippen molar-refractivity contribution in [3.05, 3.63) is 77.2 Å². The number of aromatic nitrogens is 1. The lowest BCUT2D eigenvalue weighted by molar-refractivity contribution is 0.303. The summed E-state index contributed by atoms with van der Waals surface area (Å²) < 4.78 is 7.29. The molecule has 3 nitrogen and oxygen atoms in total. The van der Waals surface area contributed by atoms with Gasteiger partial charge in [0.25, 0.3) is 5.56 Å². The number of ether oxygens (including phenoxy) is 1. The van der Waals surface area contributed by atoms with Crippen molar-refractivity contribution in [2.24, 2.45) is 7.05 Å². The summed E-state index contributed by atoms with van der Waals surface area (Å²) in [5, 5.41) is 0. The Balaban J connectivity index is 1.98. The molecule has 0 unspecified atom stereocenters. The van der Waals surface area contributed by atoms with Crippen LogP contribution in [-0.4, -0.2) is 11.2 Å². The molecule has 2 aromatic carbocycles. The lowest BCUT2D eigenvalue weighted by Crippen LogP contribution is -2.19. The van der Waals surface area contributed by atoms with Crippen molar-refractivity contribution in [2.75, 3.05) is 6.61 Å². The Morgan fingerprint density at radius 3 is 2.28 bits per heavy atom. The highest BCUT2D eigenvalue weighted by molar-refractivity contribution is 5.73. The Bertz CT molecular complexity index is 897. The molecule has 0 aliphatic heterocycles. The highest BCUT2D eigenvalue weighted by Crippen LogP contribution is 2.27. The quantitative estimate of drug-likeness (QED) is 0.601. The number of hydrogen-bond acceptors (Lipinski definition) is 2. The molecule has 0 atom stereocenters. The van der Waals surface area contributed by atoms with Gasteiger partial charge in [0, 0.05) is 18.8 Å². The van der Waals surface area contributed by atoms with Crippen molar-refractivity contribution in [1.29, 1.82) is 0 Å². The summed E-state index contributed by atoms with van der Waals surface area (Å²) in [6.45, 7) is 2.67. The number of rotatable bonds is 6. The van der Waals surface area contributed by atoms with Gasteiger partial charge in [-0.15, -0.1) is 0 Å². The normalized spacial score (nSPS) is 10.6. The summed E-state index contributed by atoms with van der Waals surface area (Å²) >= 11 is 0. The van der Waals surface area contributed by atoms with E-state index in [0.29, 0.717) is 12.4 Å². The molecule has 0 bridgehead atoms. The van der Waals surface area contributed by atoms with E-state index in [1.54, 1.807) is 11.6 Å². The molecule has 0 fully saturated rings. The van der Waals surface area contributed by atoms with Crippen LogP contribution in [0.15, 0.2) is 71.7 Å². The molecule has 3 heteroatoms. The second kappa shape index (κ2) is 7.84. The predicted molar refractivity (Wildman–Crippen MR) is 103 cm³/mol. The van der Waals surface area contributed by atoms with Gasteiger partial charge in [-0.2, -0.15) is 0 Å². The summed E-state index contributed by atoms with van der Waals surface area (Å²) in [5.74, 6) is 0.415. The lowest BCUT2D eigenvalue weighted by Gasteiger charge is -2.11. The highest BCUT2D eigenvalue weighted by atomic mass is 16.5. The molecule has 0 aliphatic rings. The fourth-order valence-corrected chi connectivity index (χ4v) is 2.78. The first kappa shape index (κ1) is 17.0. The first-order valence-electron chi connectivity index (χ1n) is 8.68. The summed E-state index contributed by atoms with van der Waals surface area (Å²) in [4.78, 5) is 12.3. The van der Waals surface area contributed by atoms with Gasteiger partial charge >= 0.3 is 0 Å². The Morgan fingerprint density at radius 1 is 0.880 bits per heavy atom. The van der Waals surface area contributed by atoms with Crippen molar-refractivity contribution in [3.63, 3.8) is 0 Å². The standard InChI is InChI=1S/C22H23NO2/c1-3-4-13-25-21-15-20(16-23(2)22(21)24)19-12-8-11-18(14-19)17-9-6-5-7-10-17/h5-12,14-16H,3-4,13H2,1-2H3. The van der Waals surface area contributed by atoms with Crippen LogP contribution in [0.4, 0.5) is 0 Å². The summed E-state index contributed by atoms with van der Waals surface area (Å²) in [6, 6.07) is 20.5. The van der Waals surface area contributed by atoms with Crippen LogP contribution < -0.4 is 10.3 Å². The van der Waals surface area contributed by atoms with Crippen LogP contribution >= 0.6 is 0 Å². The van der Waals surface area contributed by atoms with Gasteiger partial charge < -0.3 is 9.30 Å². The Labute approximate surface area is 148 Å². The third-order valence-corrected chi connectivity index (χ3v) is 4.21. The molecule has 128 valence electrons. The molecule has 3 rings (SSSR count). The van der Waals surface area contributed by atoms with Crippen LogP contribution in [0.2, 0.25) is 0 Å². The number of nitrogens with zero attached hydrogens (tertiary/aromatic N) is 1. The molecule has 1 aromatic heterocycles. The monoisotopic (exact) mass is 333 g/mol. The van der Waals surface area contributed by atoms with Crippen LogP contribution in [0, 0.1) is 0 Å². The van der Waals surface area contributed by atoms with Crippen LogP contribution in [0.3, 0.4) is 0 Å². The van der Waals surface area contributed by atoms with Gasteiger partial charge in [-0.3, -0.25) is 4.79 Å². The minimum Gasteiger partial charge on any atom is -0.488 e. The molecule has 0 radical (unpaired) electrons. The maximum Gasteiger partial charge on any atom is 0.292 e. The van der Waals surface area contributed by atoms with Crippen molar-refractivity contribution in [2.45, 2.75) is 19.8 Å². The van der Waals surface area contributed by atoms with Gasteiger partial charge in [-0.1, -0.05) is 61.9 Å². The van der Waals surface area contributed by atoms with Gasteiger partial charge in [0.2, 0.25) is 0 Å². The Kier molecular flexibility index (Phi) is 5.34. The minimum absolute atomic E-state index is 0.0981. The third kappa shape index (κ3) is 4.00. The van der Waals surface area contributed by atoms with Crippen molar-refractivity contribution < 1.29 is 4.74 Å². The van der Waals surface area contributed by atoms with Gasteiger partial charge in [-0.25, -0.2) is 0 Å². The third-order valence-electron chi connectivity index (χ3n) is 4.21. The molecule has 0 aliphatic carbocycles. The first-order chi connectivity index (χ1) is 12.2. The number of hydrogen-bond donors (Lipinski definition) is 0. The van der Waals surface area contributed by atoms with Crippen molar-refractivity contribution in [3.8, 4) is 28.0 Å².